The summed E-state index contributed by atoms with van der Waals surface area (Å²) in [6.45, 7) is 0.390. The smallest absolute Gasteiger partial charge is 0.274 e. The number of ether oxygens (including phenoxy) is 1. The van der Waals surface area contributed by atoms with Crippen LogP contribution in [0.25, 0.3) is 5.69 Å². The maximum Gasteiger partial charge on any atom is 0.274 e. The third-order valence-corrected chi connectivity index (χ3v) is 3.02. The minimum Gasteiger partial charge on any atom is -0.389 e. The third-order valence-electron chi connectivity index (χ3n) is 3.02. The fourth-order valence-electron chi connectivity index (χ4n) is 2.00. The van der Waals surface area contributed by atoms with Gasteiger partial charge in [0.1, 0.15) is 0 Å². The fraction of sp³-hybridized carbons (Fsp3) is 0.333. The molecule has 1 N–H and O–H groups in total. The number of carbonyl (C=O) groups excluding carboxylic acids is 1. The molecule has 1 unspecified atom stereocenters. The van der Waals surface area contributed by atoms with Gasteiger partial charge in [-0.2, -0.15) is 5.10 Å². The van der Waals surface area contributed by atoms with Crippen molar-refractivity contribution < 1.29 is 14.6 Å². The second kappa shape index (κ2) is 7.01. The Labute approximate surface area is 123 Å². The highest BCUT2D eigenvalue weighted by atomic mass is 16.5. The van der Waals surface area contributed by atoms with Crippen LogP contribution in [0.2, 0.25) is 0 Å². The summed E-state index contributed by atoms with van der Waals surface area (Å²) in [4.78, 5) is 13.7. The van der Waals surface area contributed by atoms with Crippen LogP contribution in [0.1, 0.15) is 10.5 Å². The summed E-state index contributed by atoms with van der Waals surface area (Å²) < 4.78 is 6.49. The minimum atomic E-state index is -0.708. The molecule has 2 aromatic rings. The summed E-state index contributed by atoms with van der Waals surface area (Å²) in [5, 5.41) is 13.9. The number of rotatable bonds is 6. The van der Waals surface area contributed by atoms with Crippen molar-refractivity contribution in [2.45, 2.75) is 6.10 Å². The van der Waals surface area contributed by atoms with Gasteiger partial charge in [0, 0.05) is 26.9 Å². The Hall–Kier alpha value is -2.18. The first kappa shape index (κ1) is 15.2. The SMILES string of the molecule is COCC(O)CN(C)C(=O)c1ccn(-c2ccccc2)n1. The fourth-order valence-corrected chi connectivity index (χ4v) is 2.00. The van der Waals surface area contributed by atoms with Crippen molar-refractivity contribution in [3.8, 4) is 5.69 Å². The number of aliphatic hydroxyl groups excluding tert-OH is 1. The summed E-state index contributed by atoms with van der Waals surface area (Å²) in [6, 6.07) is 11.2. The molecule has 21 heavy (non-hydrogen) atoms. The molecule has 1 aromatic heterocycles. The molecule has 1 heterocycles. The van der Waals surface area contributed by atoms with Gasteiger partial charge in [-0.05, 0) is 18.2 Å². The van der Waals surface area contributed by atoms with E-state index >= 15 is 0 Å². The summed E-state index contributed by atoms with van der Waals surface area (Å²) in [7, 11) is 3.13. The molecular weight excluding hydrogens is 270 g/mol. The molecule has 0 spiro atoms. The average Bonchev–Trinajstić information content (AvgIpc) is 2.97. The van der Waals surface area contributed by atoms with Gasteiger partial charge in [-0.1, -0.05) is 18.2 Å². The molecule has 0 saturated heterocycles. The van der Waals surface area contributed by atoms with E-state index in [4.69, 9.17) is 4.74 Å². The Morgan fingerprint density at radius 2 is 2.10 bits per heavy atom. The predicted octanol–water partition coefficient (Wildman–Crippen LogP) is 0.952. The molecule has 1 aromatic carbocycles. The number of methoxy groups -OCH3 is 1. The van der Waals surface area contributed by atoms with E-state index in [0.717, 1.165) is 5.69 Å². The summed E-state index contributed by atoms with van der Waals surface area (Å²) in [6.07, 6.45) is 1.03. The van der Waals surface area contributed by atoms with Crippen molar-refractivity contribution in [2.75, 3.05) is 27.3 Å². The average molecular weight is 289 g/mol. The number of nitrogens with zero attached hydrogens (tertiary/aromatic N) is 3. The number of amides is 1. The van der Waals surface area contributed by atoms with Gasteiger partial charge in [-0.3, -0.25) is 4.79 Å². The number of likely N-dealkylation sites (N-methyl/N-ethyl adjacent to an activating group) is 1. The molecule has 0 aliphatic rings. The number of carbonyl (C=O) groups is 1. The molecule has 0 fully saturated rings. The van der Waals surface area contributed by atoms with E-state index in [1.807, 2.05) is 30.3 Å². The molecule has 6 heteroatoms. The molecule has 2 rings (SSSR count). The Kier molecular flexibility index (Phi) is 5.08. The molecule has 0 aliphatic carbocycles. The van der Waals surface area contributed by atoms with E-state index < -0.39 is 6.10 Å². The number of aromatic nitrogens is 2. The number of hydrogen-bond donors (Lipinski definition) is 1. The zero-order valence-corrected chi connectivity index (χ0v) is 12.1. The van der Waals surface area contributed by atoms with Crippen molar-refractivity contribution in [3.05, 3.63) is 48.3 Å². The quantitative estimate of drug-likeness (QED) is 0.860. The second-order valence-electron chi connectivity index (χ2n) is 4.78. The van der Waals surface area contributed by atoms with E-state index in [-0.39, 0.29) is 19.1 Å². The normalized spacial score (nSPS) is 12.1. The van der Waals surface area contributed by atoms with E-state index in [1.54, 1.807) is 24.0 Å². The molecule has 1 atom stereocenters. The molecular formula is C15H19N3O3. The number of benzene rings is 1. The maximum atomic E-state index is 12.2. The summed E-state index contributed by atoms with van der Waals surface area (Å²) >= 11 is 0. The molecule has 112 valence electrons. The molecule has 0 radical (unpaired) electrons. The van der Waals surface area contributed by atoms with Crippen LogP contribution in [0.4, 0.5) is 0 Å². The standard InChI is InChI=1S/C15H19N3O3/c1-17(10-13(19)11-21-2)15(20)14-8-9-18(16-14)12-6-4-3-5-7-12/h3-9,13,19H,10-11H2,1-2H3. The second-order valence-corrected chi connectivity index (χ2v) is 4.78. The Balaban J connectivity index is 2.05. The van der Waals surface area contributed by atoms with E-state index in [0.29, 0.717) is 5.69 Å². The van der Waals surface area contributed by atoms with Crippen molar-refractivity contribution in [1.29, 1.82) is 0 Å². The third kappa shape index (κ3) is 3.90. The summed E-state index contributed by atoms with van der Waals surface area (Å²) in [5.41, 5.74) is 1.23. The first-order valence-electron chi connectivity index (χ1n) is 6.65. The highest BCUT2D eigenvalue weighted by Gasteiger charge is 2.17. The van der Waals surface area contributed by atoms with Crippen molar-refractivity contribution in [2.24, 2.45) is 0 Å². The van der Waals surface area contributed by atoms with Gasteiger partial charge in [-0.15, -0.1) is 0 Å². The predicted molar refractivity (Wildman–Crippen MR) is 78.4 cm³/mol. The molecule has 0 aliphatic heterocycles. The van der Waals surface area contributed by atoms with Gasteiger partial charge in [0.2, 0.25) is 0 Å². The van der Waals surface area contributed by atoms with Gasteiger partial charge < -0.3 is 14.7 Å². The molecule has 1 amide bonds. The Bertz CT molecular complexity index is 583. The Morgan fingerprint density at radius 1 is 1.38 bits per heavy atom. The first-order chi connectivity index (χ1) is 10.1. The van der Waals surface area contributed by atoms with Crippen LogP contribution in [0, 0.1) is 0 Å². The molecule has 6 nitrogen and oxygen atoms in total. The highest BCUT2D eigenvalue weighted by molar-refractivity contribution is 5.92. The number of aliphatic hydroxyl groups is 1. The lowest BCUT2D eigenvalue weighted by atomic mass is 10.3. The van der Waals surface area contributed by atoms with Gasteiger partial charge in [0.05, 0.1) is 18.4 Å². The van der Waals surface area contributed by atoms with E-state index in [9.17, 15) is 9.90 Å². The zero-order valence-electron chi connectivity index (χ0n) is 12.1. The largest absolute Gasteiger partial charge is 0.389 e. The first-order valence-corrected chi connectivity index (χ1v) is 6.65. The minimum absolute atomic E-state index is 0.191. The zero-order chi connectivity index (χ0) is 15.2. The number of para-hydroxylation sites is 1. The van der Waals surface area contributed by atoms with Crippen LogP contribution in [-0.4, -0.2) is 59.1 Å². The van der Waals surface area contributed by atoms with Crippen LogP contribution >= 0.6 is 0 Å². The van der Waals surface area contributed by atoms with Gasteiger partial charge in [0.15, 0.2) is 5.69 Å². The molecule has 0 bridgehead atoms. The van der Waals surface area contributed by atoms with Crippen LogP contribution in [0.15, 0.2) is 42.6 Å². The van der Waals surface area contributed by atoms with Gasteiger partial charge in [-0.25, -0.2) is 4.68 Å². The number of hydrogen-bond acceptors (Lipinski definition) is 4. The maximum absolute atomic E-state index is 12.2. The van der Waals surface area contributed by atoms with Crippen molar-refractivity contribution >= 4 is 5.91 Å². The lowest BCUT2D eigenvalue weighted by molar-refractivity contribution is 0.0377. The van der Waals surface area contributed by atoms with E-state index in [1.165, 1.54) is 12.0 Å². The van der Waals surface area contributed by atoms with Gasteiger partial charge in [0.25, 0.3) is 5.91 Å². The van der Waals surface area contributed by atoms with Crippen molar-refractivity contribution in [3.63, 3.8) is 0 Å². The monoisotopic (exact) mass is 289 g/mol. The van der Waals surface area contributed by atoms with Crippen LogP contribution in [-0.2, 0) is 4.74 Å². The Morgan fingerprint density at radius 3 is 2.76 bits per heavy atom. The van der Waals surface area contributed by atoms with Crippen LogP contribution in [0.3, 0.4) is 0 Å². The summed E-state index contributed by atoms with van der Waals surface area (Å²) in [5.74, 6) is -0.236. The van der Waals surface area contributed by atoms with Gasteiger partial charge >= 0.3 is 0 Å². The van der Waals surface area contributed by atoms with Crippen LogP contribution < -0.4 is 0 Å². The lowest BCUT2D eigenvalue weighted by Crippen LogP contribution is -2.36. The highest BCUT2D eigenvalue weighted by Crippen LogP contribution is 2.08. The topological polar surface area (TPSA) is 67.6 Å². The lowest BCUT2D eigenvalue weighted by Gasteiger charge is -2.19. The van der Waals surface area contributed by atoms with Crippen LogP contribution in [0.5, 0.6) is 0 Å². The van der Waals surface area contributed by atoms with E-state index in [2.05, 4.69) is 5.10 Å². The van der Waals surface area contributed by atoms with Crippen molar-refractivity contribution in [1.82, 2.24) is 14.7 Å². The molecule has 0 saturated carbocycles.